The van der Waals surface area contributed by atoms with Crippen molar-refractivity contribution >= 4 is 24.2 Å². The zero-order valence-corrected chi connectivity index (χ0v) is 7.79. The predicted octanol–water partition coefficient (Wildman–Crippen LogP) is 2.76. The van der Waals surface area contributed by atoms with Gasteiger partial charge in [0, 0.05) is 5.02 Å². The van der Waals surface area contributed by atoms with Gasteiger partial charge in [0.05, 0.1) is 11.3 Å². The van der Waals surface area contributed by atoms with Crippen LogP contribution < -0.4 is 0 Å². The average molecular weight is 201 g/mol. The molecule has 0 spiro atoms. The Kier molecular flexibility index (Phi) is 3.46. The quantitative estimate of drug-likeness (QED) is 0.483. The van der Waals surface area contributed by atoms with Crippen LogP contribution in [0.15, 0.2) is 18.2 Å². The van der Waals surface area contributed by atoms with E-state index in [0.717, 1.165) is 0 Å². The topological polar surface area (TPSA) is 0 Å². The van der Waals surface area contributed by atoms with Crippen molar-refractivity contribution < 1.29 is 4.39 Å². The molecule has 0 fully saturated rings. The van der Waals surface area contributed by atoms with E-state index >= 15 is 0 Å². The van der Waals surface area contributed by atoms with Gasteiger partial charge < -0.3 is 0 Å². The zero-order valence-electron chi connectivity index (χ0n) is 6.14. The number of rotatable bonds is 0. The minimum absolute atomic E-state index is 0.355. The molecule has 1 aromatic rings. The third-order valence-electron chi connectivity index (χ3n) is 1.23. The SMILES string of the molecule is Fc1cc(Cl)ccc1C#CCS. The molecule has 0 heterocycles. The van der Waals surface area contributed by atoms with Gasteiger partial charge in [0.15, 0.2) is 0 Å². The van der Waals surface area contributed by atoms with Crippen molar-refractivity contribution in [3.05, 3.63) is 34.6 Å². The molecule has 1 rings (SSSR count). The van der Waals surface area contributed by atoms with Crippen LogP contribution in [0.2, 0.25) is 5.02 Å². The van der Waals surface area contributed by atoms with Crippen LogP contribution in [0.5, 0.6) is 0 Å². The molecule has 0 N–H and O–H groups in total. The summed E-state index contributed by atoms with van der Waals surface area (Å²) in [7, 11) is 0. The molecule has 0 aromatic heterocycles. The molecule has 0 nitrogen and oxygen atoms in total. The second-order valence-electron chi connectivity index (χ2n) is 2.08. The van der Waals surface area contributed by atoms with Crippen molar-refractivity contribution in [1.29, 1.82) is 0 Å². The summed E-state index contributed by atoms with van der Waals surface area (Å²) in [6.07, 6.45) is 0. The first-order valence-electron chi connectivity index (χ1n) is 3.29. The van der Waals surface area contributed by atoms with Gasteiger partial charge >= 0.3 is 0 Å². The summed E-state index contributed by atoms with van der Waals surface area (Å²) in [5.41, 5.74) is 0.355. The molecule has 0 amide bonds. The lowest BCUT2D eigenvalue weighted by atomic mass is 10.2. The molecular weight excluding hydrogens is 195 g/mol. The minimum Gasteiger partial charge on any atom is -0.206 e. The maximum Gasteiger partial charge on any atom is 0.140 e. The van der Waals surface area contributed by atoms with Gasteiger partial charge in [0.1, 0.15) is 5.82 Å². The van der Waals surface area contributed by atoms with Gasteiger partial charge in [-0.05, 0) is 18.2 Å². The lowest BCUT2D eigenvalue weighted by Gasteiger charge is -1.93. The van der Waals surface area contributed by atoms with E-state index in [9.17, 15) is 4.39 Å². The Morgan fingerprint density at radius 2 is 2.25 bits per heavy atom. The highest BCUT2D eigenvalue weighted by Crippen LogP contribution is 2.13. The minimum atomic E-state index is -0.392. The zero-order chi connectivity index (χ0) is 8.97. The fourth-order valence-electron chi connectivity index (χ4n) is 0.726. The Labute approximate surface area is 81.1 Å². The molecule has 0 radical (unpaired) electrons. The summed E-state index contributed by atoms with van der Waals surface area (Å²) in [6, 6.07) is 4.39. The molecule has 3 heteroatoms. The lowest BCUT2D eigenvalue weighted by Crippen LogP contribution is -1.82. The number of halogens is 2. The van der Waals surface area contributed by atoms with Crippen molar-refractivity contribution in [2.24, 2.45) is 0 Å². The third-order valence-corrected chi connectivity index (χ3v) is 1.63. The fourth-order valence-corrected chi connectivity index (χ4v) is 0.963. The first kappa shape index (κ1) is 9.44. The van der Waals surface area contributed by atoms with Crippen molar-refractivity contribution in [3.8, 4) is 11.8 Å². The first-order valence-corrected chi connectivity index (χ1v) is 4.30. The number of benzene rings is 1. The van der Waals surface area contributed by atoms with Crippen LogP contribution in [0, 0.1) is 17.7 Å². The van der Waals surface area contributed by atoms with E-state index in [4.69, 9.17) is 11.6 Å². The standard InChI is InChI=1S/C9H6ClFS/c10-8-4-3-7(2-1-5-12)9(11)6-8/h3-4,6,12H,5H2. The number of hydrogen-bond acceptors (Lipinski definition) is 1. The van der Waals surface area contributed by atoms with Gasteiger partial charge in [-0.15, -0.1) is 0 Å². The Balaban J connectivity index is 3.01. The van der Waals surface area contributed by atoms with Crippen molar-refractivity contribution in [2.45, 2.75) is 0 Å². The summed E-state index contributed by atoms with van der Waals surface area (Å²) in [5.74, 6) is 5.31. The van der Waals surface area contributed by atoms with E-state index in [-0.39, 0.29) is 0 Å². The van der Waals surface area contributed by atoms with E-state index < -0.39 is 5.82 Å². The third kappa shape index (κ3) is 2.44. The summed E-state index contributed by atoms with van der Waals surface area (Å²) in [4.78, 5) is 0. The van der Waals surface area contributed by atoms with Gasteiger partial charge in [0.25, 0.3) is 0 Å². The molecule has 0 atom stereocenters. The van der Waals surface area contributed by atoms with Crippen molar-refractivity contribution in [1.82, 2.24) is 0 Å². The molecule has 0 unspecified atom stereocenters. The largest absolute Gasteiger partial charge is 0.206 e. The lowest BCUT2D eigenvalue weighted by molar-refractivity contribution is 0.624. The normalized spacial score (nSPS) is 8.92. The van der Waals surface area contributed by atoms with Crippen LogP contribution in [0.4, 0.5) is 4.39 Å². The number of thiol groups is 1. The molecule has 0 aliphatic heterocycles. The van der Waals surface area contributed by atoms with Crippen LogP contribution in [0.1, 0.15) is 5.56 Å². The van der Waals surface area contributed by atoms with Gasteiger partial charge in [-0.2, -0.15) is 12.6 Å². The highest BCUT2D eigenvalue weighted by Gasteiger charge is 1.98. The van der Waals surface area contributed by atoms with Gasteiger partial charge in [-0.3, -0.25) is 0 Å². The molecule has 0 bridgehead atoms. The molecule has 0 saturated carbocycles. The second kappa shape index (κ2) is 4.39. The Morgan fingerprint density at radius 1 is 1.50 bits per heavy atom. The molecule has 12 heavy (non-hydrogen) atoms. The summed E-state index contributed by atoms with van der Waals surface area (Å²) in [5, 5.41) is 0.379. The second-order valence-corrected chi connectivity index (χ2v) is 2.84. The van der Waals surface area contributed by atoms with Crippen LogP contribution in [-0.4, -0.2) is 5.75 Å². The molecule has 0 aliphatic rings. The van der Waals surface area contributed by atoms with E-state index in [1.807, 2.05) is 0 Å². The Bertz CT molecular complexity index is 338. The van der Waals surface area contributed by atoms with E-state index in [2.05, 4.69) is 24.5 Å². The Hall–Kier alpha value is -0.650. The Morgan fingerprint density at radius 3 is 2.83 bits per heavy atom. The molecular formula is C9H6ClFS. The van der Waals surface area contributed by atoms with E-state index in [1.54, 1.807) is 12.1 Å². The maximum atomic E-state index is 13.0. The van der Waals surface area contributed by atoms with E-state index in [0.29, 0.717) is 16.3 Å². The van der Waals surface area contributed by atoms with E-state index in [1.165, 1.54) is 6.07 Å². The molecule has 1 aromatic carbocycles. The van der Waals surface area contributed by atoms with Crippen molar-refractivity contribution in [2.75, 3.05) is 5.75 Å². The van der Waals surface area contributed by atoms with Gasteiger partial charge in [-0.1, -0.05) is 23.4 Å². The van der Waals surface area contributed by atoms with Gasteiger partial charge in [-0.25, -0.2) is 4.39 Å². The van der Waals surface area contributed by atoms with Crippen LogP contribution in [0.25, 0.3) is 0 Å². The predicted molar refractivity (Wildman–Crippen MR) is 52.1 cm³/mol. The fraction of sp³-hybridized carbons (Fsp3) is 0.111. The molecule has 0 saturated heterocycles. The molecule has 62 valence electrons. The molecule has 0 aliphatic carbocycles. The highest BCUT2D eigenvalue weighted by molar-refractivity contribution is 7.80. The summed E-state index contributed by atoms with van der Waals surface area (Å²) < 4.78 is 13.0. The summed E-state index contributed by atoms with van der Waals surface area (Å²) in [6.45, 7) is 0. The average Bonchev–Trinajstić information content (AvgIpc) is 2.03. The van der Waals surface area contributed by atoms with Crippen molar-refractivity contribution in [3.63, 3.8) is 0 Å². The maximum absolute atomic E-state index is 13.0. The number of hydrogen-bond donors (Lipinski definition) is 1. The van der Waals surface area contributed by atoms with Gasteiger partial charge in [0.2, 0.25) is 0 Å². The van der Waals surface area contributed by atoms with Crippen LogP contribution in [-0.2, 0) is 0 Å². The highest BCUT2D eigenvalue weighted by atomic mass is 35.5. The smallest absolute Gasteiger partial charge is 0.140 e. The van der Waals surface area contributed by atoms with Crippen LogP contribution >= 0.6 is 24.2 Å². The van der Waals surface area contributed by atoms with Crippen LogP contribution in [0.3, 0.4) is 0 Å². The first-order chi connectivity index (χ1) is 5.74. The monoisotopic (exact) mass is 200 g/mol. The summed E-state index contributed by atoms with van der Waals surface area (Å²) >= 11 is 9.43.